The minimum atomic E-state index is -0.190. The molecule has 0 amide bonds. The van der Waals surface area contributed by atoms with Gasteiger partial charge in [-0.25, -0.2) is 0 Å². The van der Waals surface area contributed by atoms with Crippen LogP contribution >= 0.6 is 0 Å². The first-order valence-electron chi connectivity index (χ1n) is 7.77. The van der Waals surface area contributed by atoms with Crippen molar-refractivity contribution in [3.05, 3.63) is 29.3 Å². The Labute approximate surface area is 122 Å². The summed E-state index contributed by atoms with van der Waals surface area (Å²) in [5.41, 5.74) is 3.17. The molecule has 2 aliphatic rings. The standard InChI is InChI=1S/C18H26O2/c1-17(2)16(18(17,3)4)14(19)7-5-12-6-8-15-13(11-12)9-10-20-15/h6,8,11,14,16,19H,5,7,9-10H2,1-4H3. The number of aliphatic hydroxyl groups is 1. The minimum absolute atomic E-state index is 0.190. The zero-order chi connectivity index (χ0) is 14.5. The van der Waals surface area contributed by atoms with Gasteiger partial charge in [-0.2, -0.15) is 0 Å². The van der Waals surface area contributed by atoms with Crippen molar-refractivity contribution < 1.29 is 9.84 Å². The quantitative estimate of drug-likeness (QED) is 0.909. The van der Waals surface area contributed by atoms with Crippen LogP contribution in [0.15, 0.2) is 18.2 Å². The molecule has 0 aromatic heterocycles. The number of aryl methyl sites for hydroxylation is 1. The van der Waals surface area contributed by atoms with Crippen LogP contribution in [0.2, 0.25) is 0 Å². The van der Waals surface area contributed by atoms with Crippen LogP contribution in [0, 0.1) is 16.7 Å². The molecule has 1 unspecified atom stereocenters. The average molecular weight is 274 g/mol. The van der Waals surface area contributed by atoms with Gasteiger partial charge >= 0.3 is 0 Å². The molecule has 0 radical (unpaired) electrons. The molecule has 1 heterocycles. The van der Waals surface area contributed by atoms with Gasteiger partial charge in [0.1, 0.15) is 5.75 Å². The summed E-state index contributed by atoms with van der Waals surface area (Å²) >= 11 is 0. The third-order valence-corrected chi connectivity index (χ3v) is 6.00. The lowest BCUT2D eigenvalue weighted by molar-refractivity contribution is 0.120. The highest BCUT2D eigenvalue weighted by molar-refractivity contribution is 5.39. The zero-order valence-corrected chi connectivity index (χ0v) is 13.1. The SMILES string of the molecule is CC1(C)C(C(O)CCc2ccc3c(c2)CCO3)C1(C)C. The van der Waals surface area contributed by atoms with Crippen molar-refractivity contribution in [1.29, 1.82) is 0 Å². The number of ether oxygens (including phenoxy) is 1. The van der Waals surface area contributed by atoms with E-state index < -0.39 is 0 Å². The van der Waals surface area contributed by atoms with E-state index in [1.54, 1.807) is 0 Å². The smallest absolute Gasteiger partial charge is 0.122 e. The van der Waals surface area contributed by atoms with Crippen molar-refractivity contribution in [1.82, 2.24) is 0 Å². The van der Waals surface area contributed by atoms with Crippen molar-refractivity contribution in [3.63, 3.8) is 0 Å². The third-order valence-electron chi connectivity index (χ3n) is 6.00. The molecule has 1 saturated carbocycles. The number of rotatable bonds is 4. The molecule has 1 atom stereocenters. The van der Waals surface area contributed by atoms with Crippen molar-refractivity contribution in [2.75, 3.05) is 6.61 Å². The maximum atomic E-state index is 10.5. The molecule has 1 fully saturated rings. The second-order valence-corrected chi connectivity index (χ2v) is 7.57. The van der Waals surface area contributed by atoms with E-state index in [2.05, 4.69) is 45.9 Å². The van der Waals surface area contributed by atoms with Gasteiger partial charge in [-0.3, -0.25) is 0 Å². The van der Waals surface area contributed by atoms with E-state index in [4.69, 9.17) is 4.74 Å². The molecular formula is C18H26O2. The van der Waals surface area contributed by atoms with E-state index in [1.165, 1.54) is 11.1 Å². The average Bonchev–Trinajstić information content (AvgIpc) is 2.71. The second kappa shape index (κ2) is 4.49. The first kappa shape index (κ1) is 13.9. The Morgan fingerprint density at radius 2 is 1.95 bits per heavy atom. The Bertz CT molecular complexity index is 502. The zero-order valence-electron chi connectivity index (χ0n) is 13.1. The molecule has 110 valence electrons. The Hall–Kier alpha value is -1.02. The summed E-state index contributed by atoms with van der Waals surface area (Å²) in [6.45, 7) is 9.90. The molecule has 3 rings (SSSR count). The second-order valence-electron chi connectivity index (χ2n) is 7.57. The summed E-state index contributed by atoms with van der Waals surface area (Å²) in [5, 5.41) is 10.5. The lowest BCUT2D eigenvalue weighted by atomic mass is 9.98. The van der Waals surface area contributed by atoms with Gasteiger partial charge < -0.3 is 9.84 Å². The Balaban J connectivity index is 1.60. The number of hydrogen-bond acceptors (Lipinski definition) is 2. The van der Waals surface area contributed by atoms with E-state index in [1.807, 2.05) is 0 Å². The van der Waals surface area contributed by atoms with Crippen LogP contribution in [0.25, 0.3) is 0 Å². The lowest BCUT2D eigenvalue weighted by Crippen LogP contribution is -2.15. The molecule has 0 spiro atoms. The molecule has 1 aliphatic heterocycles. The summed E-state index contributed by atoms with van der Waals surface area (Å²) in [6, 6.07) is 6.47. The Morgan fingerprint density at radius 3 is 2.60 bits per heavy atom. The summed E-state index contributed by atoms with van der Waals surface area (Å²) < 4.78 is 5.53. The molecule has 1 N–H and O–H groups in total. The van der Waals surface area contributed by atoms with Gasteiger partial charge in [-0.1, -0.05) is 39.8 Å². The highest BCUT2D eigenvalue weighted by atomic mass is 16.5. The Kier molecular flexibility index (Phi) is 3.13. The van der Waals surface area contributed by atoms with Gasteiger partial charge in [0.15, 0.2) is 0 Å². The van der Waals surface area contributed by atoms with Crippen LogP contribution in [0.3, 0.4) is 0 Å². The maximum Gasteiger partial charge on any atom is 0.122 e. The van der Waals surface area contributed by atoms with Crippen molar-refractivity contribution >= 4 is 0 Å². The number of fused-ring (bicyclic) bond motifs is 1. The maximum absolute atomic E-state index is 10.5. The summed E-state index contributed by atoms with van der Waals surface area (Å²) in [4.78, 5) is 0. The fraction of sp³-hybridized carbons (Fsp3) is 0.667. The van der Waals surface area contributed by atoms with Crippen LogP contribution in [0.1, 0.15) is 45.2 Å². The van der Waals surface area contributed by atoms with E-state index in [0.29, 0.717) is 5.92 Å². The van der Waals surface area contributed by atoms with Gasteiger partial charge in [0.25, 0.3) is 0 Å². The molecular weight excluding hydrogens is 248 g/mol. The van der Waals surface area contributed by atoms with Crippen LogP contribution in [-0.2, 0) is 12.8 Å². The molecule has 2 nitrogen and oxygen atoms in total. The van der Waals surface area contributed by atoms with Crippen molar-refractivity contribution in [2.24, 2.45) is 16.7 Å². The third kappa shape index (κ3) is 2.05. The van der Waals surface area contributed by atoms with E-state index in [0.717, 1.165) is 31.6 Å². The van der Waals surface area contributed by atoms with E-state index in [9.17, 15) is 5.11 Å². The first-order valence-corrected chi connectivity index (χ1v) is 7.77. The van der Waals surface area contributed by atoms with Gasteiger partial charge in [0.05, 0.1) is 12.7 Å². The summed E-state index contributed by atoms with van der Waals surface area (Å²) in [6.07, 6.45) is 2.65. The molecule has 1 aromatic carbocycles. The Morgan fingerprint density at radius 1 is 1.25 bits per heavy atom. The van der Waals surface area contributed by atoms with Crippen LogP contribution in [0.5, 0.6) is 5.75 Å². The van der Waals surface area contributed by atoms with Gasteiger partial charge in [0.2, 0.25) is 0 Å². The predicted molar refractivity (Wildman–Crippen MR) is 81.0 cm³/mol. The van der Waals surface area contributed by atoms with E-state index >= 15 is 0 Å². The molecule has 0 saturated heterocycles. The molecule has 0 bridgehead atoms. The lowest BCUT2D eigenvalue weighted by Gasteiger charge is -2.13. The minimum Gasteiger partial charge on any atom is -0.493 e. The largest absolute Gasteiger partial charge is 0.493 e. The van der Waals surface area contributed by atoms with Gasteiger partial charge in [-0.15, -0.1) is 0 Å². The first-order chi connectivity index (χ1) is 9.34. The van der Waals surface area contributed by atoms with Gasteiger partial charge in [0, 0.05) is 6.42 Å². The number of hydrogen-bond donors (Lipinski definition) is 1. The van der Waals surface area contributed by atoms with E-state index in [-0.39, 0.29) is 16.9 Å². The van der Waals surface area contributed by atoms with Gasteiger partial charge in [-0.05, 0) is 46.8 Å². The van der Waals surface area contributed by atoms with Crippen LogP contribution in [-0.4, -0.2) is 17.8 Å². The normalized spacial score (nSPS) is 24.1. The highest BCUT2D eigenvalue weighted by Crippen LogP contribution is 2.69. The topological polar surface area (TPSA) is 29.5 Å². The molecule has 2 heteroatoms. The summed E-state index contributed by atoms with van der Waals surface area (Å²) in [5.74, 6) is 1.46. The fourth-order valence-electron chi connectivity index (χ4n) is 4.09. The summed E-state index contributed by atoms with van der Waals surface area (Å²) in [7, 11) is 0. The van der Waals surface area contributed by atoms with Crippen LogP contribution < -0.4 is 4.74 Å². The molecule has 20 heavy (non-hydrogen) atoms. The monoisotopic (exact) mass is 274 g/mol. The molecule has 1 aliphatic carbocycles. The predicted octanol–water partition coefficient (Wildman–Crippen LogP) is 3.60. The van der Waals surface area contributed by atoms with Crippen molar-refractivity contribution in [2.45, 2.75) is 53.1 Å². The highest BCUT2D eigenvalue weighted by Gasteiger charge is 2.66. The fourth-order valence-corrected chi connectivity index (χ4v) is 4.09. The molecule has 1 aromatic rings. The van der Waals surface area contributed by atoms with Crippen molar-refractivity contribution in [3.8, 4) is 5.75 Å². The van der Waals surface area contributed by atoms with Crippen LogP contribution in [0.4, 0.5) is 0 Å². The number of aliphatic hydroxyl groups excluding tert-OH is 1. The number of benzene rings is 1.